The van der Waals surface area contributed by atoms with Crippen LogP contribution in [0.5, 0.6) is 0 Å². The number of hydrogen-bond donors (Lipinski definition) is 2. The fourth-order valence-corrected chi connectivity index (χ4v) is 2.31. The number of hydrogen-bond acceptors (Lipinski definition) is 3. The smallest absolute Gasteiger partial charge is 0.230 e. The molecule has 0 aliphatic rings. The van der Waals surface area contributed by atoms with Gasteiger partial charge in [0.2, 0.25) is 5.91 Å². The van der Waals surface area contributed by atoms with Crippen LogP contribution in [0.2, 0.25) is 0 Å². The summed E-state index contributed by atoms with van der Waals surface area (Å²) in [6.07, 6.45) is 0.966. The lowest BCUT2D eigenvalue weighted by molar-refractivity contribution is -0.119. The Morgan fingerprint density at radius 3 is 2.89 bits per heavy atom. The summed E-state index contributed by atoms with van der Waals surface area (Å²) in [6.45, 7) is 4.95. The van der Waals surface area contributed by atoms with Crippen LogP contribution in [0.25, 0.3) is 0 Å². The molecule has 0 saturated heterocycles. The van der Waals surface area contributed by atoms with Gasteiger partial charge in [0.05, 0.1) is 5.75 Å². The van der Waals surface area contributed by atoms with Gasteiger partial charge in [-0.2, -0.15) is 0 Å². The molecule has 18 heavy (non-hydrogen) atoms. The molecule has 3 nitrogen and oxygen atoms in total. The highest BCUT2D eigenvalue weighted by molar-refractivity contribution is 8.00. The van der Waals surface area contributed by atoms with Crippen molar-refractivity contribution in [1.29, 1.82) is 0 Å². The van der Waals surface area contributed by atoms with E-state index in [0.29, 0.717) is 5.75 Å². The van der Waals surface area contributed by atoms with E-state index in [2.05, 4.69) is 29.7 Å². The second-order valence-corrected chi connectivity index (χ2v) is 5.39. The standard InChI is InChI=1S/C14H22N2OS/c1-4-11(2)16-14(17)10-18-13-7-5-6-12(8-13)9-15-3/h5-8,11,15H,4,9-10H2,1-3H3,(H,16,17). The molecule has 0 fully saturated rings. The topological polar surface area (TPSA) is 41.1 Å². The Kier molecular flexibility index (Phi) is 6.83. The van der Waals surface area contributed by atoms with Crippen molar-refractivity contribution in [3.63, 3.8) is 0 Å². The molecule has 4 heteroatoms. The summed E-state index contributed by atoms with van der Waals surface area (Å²) in [5, 5.41) is 6.09. The molecule has 1 rings (SSSR count). The van der Waals surface area contributed by atoms with Gasteiger partial charge in [0.15, 0.2) is 0 Å². The highest BCUT2D eigenvalue weighted by atomic mass is 32.2. The fourth-order valence-electron chi connectivity index (χ4n) is 1.52. The summed E-state index contributed by atoms with van der Waals surface area (Å²) >= 11 is 1.58. The molecule has 1 atom stereocenters. The predicted octanol–water partition coefficient (Wildman–Crippen LogP) is 2.41. The third-order valence-electron chi connectivity index (χ3n) is 2.67. The number of amides is 1. The van der Waals surface area contributed by atoms with Crippen molar-refractivity contribution in [2.45, 2.75) is 37.8 Å². The van der Waals surface area contributed by atoms with Gasteiger partial charge in [0.1, 0.15) is 0 Å². The summed E-state index contributed by atoms with van der Waals surface area (Å²) < 4.78 is 0. The quantitative estimate of drug-likeness (QED) is 0.745. The average Bonchev–Trinajstić information content (AvgIpc) is 2.37. The molecule has 100 valence electrons. The van der Waals surface area contributed by atoms with Crippen LogP contribution in [0.15, 0.2) is 29.2 Å². The summed E-state index contributed by atoms with van der Waals surface area (Å²) in [4.78, 5) is 12.8. The van der Waals surface area contributed by atoms with Crippen molar-refractivity contribution >= 4 is 17.7 Å². The van der Waals surface area contributed by atoms with E-state index in [0.717, 1.165) is 17.9 Å². The minimum atomic E-state index is 0.105. The summed E-state index contributed by atoms with van der Waals surface area (Å²) in [7, 11) is 1.93. The molecule has 1 unspecified atom stereocenters. The molecule has 1 aromatic rings. The first-order valence-electron chi connectivity index (χ1n) is 6.31. The molecule has 0 aliphatic carbocycles. The molecule has 0 spiro atoms. The molecule has 0 saturated carbocycles. The van der Waals surface area contributed by atoms with Gasteiger partial charge in [-0.05, 0) is 38.1 Å². The minimum absolute atomic E-state index is 0.105. The lowest BCUT2D eigenvalue weighted by Gasteiger charge is -2.11. The highest BCUT2D eigenvalue weighted by Crippen LogP contribution is 2.18. The van der Waals surface area contributed by atoms with Crippen LogP contribution < -0.4 is 10.6 Å². The molecule has 2 N–H and O–H groups in total. The zero-order valence-electron chi connectivity index (χ0n) is 11.3. The number of carbonyl (C=O) groups is 1. The second-order valence-electron chi connectivity index (χ2n) is 4.34. The van der Waals surface area contributed by atoms with E-state index >= 15 is 0 Å². The van der Waals surface area contributed by atoms with Gasteiger partial charge in [0, 0.05) is 17.5 Å². The molecule has 1 aromatic carbocycles. The van der Waals surface area contributed by atoms with Gasteiger partial charge in [0.25, 0.3) is 0 Å². The van der Waals surface area contributed by atoms with E-state index < -0.39 is 0 Å². The van der Waals surface area contributed by atoms with E-state index in [1.54, 1.807) is 11.8 Å². The fraction of sp³-hybridized carbons (Fsp3) is 0.500. The maximum atomic E-state index is 11.7. The maximum absolute atomic E-state index is 11.7. The third-order valence-corrected chi connectivity index (χ3v) is 3.66. The van der Waals surface area contributed by atoms with Gasteiger partial charge in [-0.3, -0.25) is 4.79 Å². The third kappa shape index (κ3) is 5.56. The number of carbonyl (C=O) groups excluding carboxylic acids is 1. The van der Waals surface area contributed by atoms with Crippen LogP contribution >= 0.6 is 11.8 Å². The zero-order valence-corrected chi connectivity index (χ0v) is 12.1. The van der Waals surface area contributed by atoms with Crippen LogP contribution in [0.4, 0.5) is 0 Å². The minimum Gasteiger partial charge on any atom is -0.353 e. The van der Waals surface area contributed by atoms with Crippen molar-refractivity contribution < 1.29 is 4.79 Å². The molecule has 0 aromatic heterocycles. The molecule has 0 heterocycles. The average molecular weight is 266 g/mol. The van der Waals surface area contributed by atoms with Gasteiger partial charge < -0.3 is 10.6 Å². The Balaban J connectivity index is 2.43. The summed E-state index contributed by atoms with van der Waals surface area (Å²) in [6, 6.07) is 8.54. The van der Waals surface area contributed by atoms with Gasteiger partial charge in [-0.15, -0.1) is 11.8 Å². The molecule has 0 aliphatic heterocycles. The van der Waals surface area contributed by atoms with Crippen LogP contribution in [-0.2, 0) is 11.3 Å². The van der Waals surface area contributed by atoms with Crippen molar-refractivity contribution in [3.05, 3.63) is 29.8 Å². The van der Waals surface area contributed by atoms with E-state index in [1.807, 2.05) is 26.1 Å². The molecular weight excluding hydrogens is 244 g/mol. The first-order chi connectivity index (χ1) is 8.65. The molecule has 1 amide bonds. The Hall–Kier alpha value is -1.00. The van der Waals surface area contributed by atoms with Gasteiger partial charge >= 0.3 is 0 Å². The molecule has 0 radical (unpaired) electrons. The van der Waals surface area contributed by atoms with E-state index in [-0.39, 0.29) is 11.9 Å². The van der Waals surface area contributed by atoms with Crippen LogP contribution in [0.3, 0.4) is 0 Å². The Bertz CT molecular complexity index is 382. The maximum Gasteiger partial charge on any atom is 0.230 e. The van der Waals surface area contributed by atoms with E-state index in [4.69, 9.17) is 0 Å². The Morgan fingerprint density at radius 2 is 2.22 bits per heavy atom. The number of thioether (sulfide) groups is 1. The second kappa shape index (κ2) is 8.16. The SMILES string of the molecule is CCC(C)NC(=O)CSc1cccc(CNC)c1. The Morgan fingerprint density at radius 1 is 1.44 bits per heavy atom. The van der Waals surface area contributed by atoms with Crippen molar-refractivity contribution in [1.82, 2.24) is 10.6 Å². The number of nitrogens with one attached hydrogen (secondary N) is 2. The summed E-state index contributed by atoms with van der Waals surface area (Å²) in [5.41, 5.74) is 1.24. The predicted molar refractivity (Wildman–Crippen MR) is 77.8 cm³/mol. The highest BCUT2D eigenvalue weighted by Gasteiger charge is 2.06. The van der Waals surface area contributed by atoms with Gasteiger partial charge in [-0.1, -0.05) is 19.1 Å². The first kappa shape index (κ1) is 15.1. The van der Waals surface area contributed by atoms with Crippen LogP contribution in [-0.4, -0.2) is 24.7 Å². The largest absolute Gasteiger partial charge is 0.353 e. The van der Waals surface area contributed by atoms with Crippen LogP contribution in [0.1, 0.15) is 25.8 Å². The van der Waals surface area contributed by atoms with Gasteiger partial charge in [-0.25, -0.2) is 0 Å². The lowest BCUT2D eigenvalue weighted by Crippen LogP contribution is -2.33. The monoisotopic (exact) mass is 266 g/mol. The van der Waals surface area contributed by atoms with Crippen molar-refractivity contribution in [2.24, 2.45) is 0 Å². The Labute approximate surface area is 114 Å². The summed E-state index contributed by atoms with van der Waals surface area (Å²) in [5.74, 6) is 0.584. The zero-order chi connectivity index (χ0) is 13.4. The van der Waals surface area contributed by atoms with Crippen LogP contribution in [0, 0.1) is 0 Å². The van der Waals surface area contributed by atoms with Crippen molar-refractivity contribution in [3.8, 4) is 0 Å². The van der Waals surface area contributed by atoms with Crippen molar-refractivity contribution in [2.75, 3.05) is 12.8 Å². The molecule has 0 bridgehead atoms. The lowest BCUT2D eigenvalue weighted by atomic mass is 10.2. The normalized spacial score (nSPS) is 12.2. The first-order valence-corrected chi connectivity index (χ1v) is 7.30. The van der Waals surface area contributed by atoms with E-state index in [9.17, 15) is 4.79 Å². The number of rotatable bonds is 7. The molecular formula is C14H22N2OS. The number of benzene rings is 1. The van der Waals surface area contributed by atoms with E-state index in [1.165, 1.54) is 5.56 Å².